The van der Waals surface area contributed by atoms with Gasteiger partial charge in [0.1, 0.15) is 5.82 Å². The lowest BCUT2D eigenvalue weighted by molar-refractivity contribution is -0.139. The second-order valence-electron chi connectivity index (χ2n) is 5.13. The van der Waals surface area contributed by atoms with Gasteiger partial charge < -0.3 is 9.88 Å². The van der Waals surface area contributed by atoms with Crippen molar-refractivity contribution >= 4 is 11.0 Å². The number of halogens is 3. The van der Waals surface area contributed by atoms with E-state index in [1.165, 1.54) is 6.92 Å². The van der Waals surface area contributed by atoms with Crippen molar-refractivity contribution in [1.82, 2.24) is 14.9 Å². The van der Waals surface area contributed by atoms with Crippen LogP contribution in [0.5, 0.6) is 0 Å². The van der Waals surface area contributed by atoms with E-state index in [1.807, 2.05) is 42.8 Å². The Bertz CT molecular complexity index is 589. The number of para-hydroxylation sites is 2. The Balaban J connectivity index is 2.15. The molecule has 2 atom stereocenters. The zero-order valence-corrected chi connectivity index (χ0v) is 11.7. The molecule has 0 saturated carbocycles. The first-order chi connectivity index (χ1) is 9.28. The molecule has 1 aromatic carbocycles. The number of alkyl halides is 3. The van der Waals surface area contributed by atoms with E-state index in [4.69, 9.17) is 0 Å². The summed E-state index contributed by atoms with van der Waals surface area (Å²) in [6.07, 6.45) is -5.00. The second kappa shape index (κ2) is 5.44. The lowest BCUT2D eigenvalue weighted by atomic mass is 10.2. The van der Waals surface area contributed by atoms with E-state index in [1.54, 1.807) is 0 Å². The van der Waals surface area contributed by atoms with Gasteiger partial charge in [0.2, 0.25) is 0 Å². The van der Waals surface area contributed by atoms with Gasteiger partial charge in [-0.15, -0.1) is 0 Å². The molecule has 0 bridgehead atoms. The summed E-state index contributed by atoms with van der Waals surface area (Å²) >= 11 is 0. The molecule has 2 rings (SSSR count). The fraction of sp³-hybridized carbons (Fsp3) is 0.500. The normalized spacial score (nSPS) is 15.5. The number of nitrogens with zero attached hydrogens (tertiary/aromatic N) is 2. The summed E-state index contributed by atoms with van der Waals surface area (Å²) in [6.45, 7) is 3.36. The number of hydrogen-bond acceptors (Lipinski definition) is 2. The number of rotatable bonds is 4. The first-order valence-corrected chi connectivity index (χ1v) is 6.52. The van der Waals surface area contributed by atoms with Crippen LogP contribution in [-0.2, 0) is 7.05 Å². The molecule has 3 nitrogen and oxygen atoms in total. The summed E-state index contributed by atoms with van der Waals surface area (Å²) in [5.74, 6) is 0.736. The zero-order valence-electron chi connectivity index (χ0n) is 11.7. The number of fused-ring (bicyclic) bond motifs is 1. The average Bonchev–Trinajstić information content (AvgIpc) is 2.65. The van der Waals surface area contributed by atoms with Crippen LogP contribution in [0.2, 0.25) is 0 Å². The minimum absolute atomic E-state index is 0.246. The standard InChI is InChI=1S/C14H18F3N3/c1-9(8-14(15,16)17)18-10(2)13-19-11-6-4-5-7-12(11)20(13)3/h4-7,9-10,18H,8H2,1-3H3. The Morgan fingerprint density at radius 2 is 1.90 bits per heavy atom. The summed E-state index contributed by atoms with van der Waals surface area (Å²) in [7, 11) is 1.87. The highest BCUT2D eigenvalue weighted by Crippen LogP contribution is 2.24. The van der Waals surface area contributed by atoms with Gasteiger partial charge >= 0.3 is 6.18 Å². The quantitative estimate of drug-likeness (QED) is 0.930. The van der Waals surface area contributed by atoms with Crippen molar-refractivity contribution in [2.24, 2.45) is 7.05 Å². The molecule has 20 heavy (non-hydrogen) atoms. The maximum Gasteiger partial charge on any atom is 0.390 e. The molecule has 6 heteroatoms. The fourth-order valence-electron chi connectivity index (χ4n) is 2.46. The van der Waals surface area contributed by atoms with Crippen molar-refractivity contribution in [3.8, 4) is 0 Å². The maximum absolute atomic E-state index is 12.3. The molecular formula is C14H18F3N3. The van der Waals surface area contributed by atoms with Crippen molar-refractivity contribution in [2.75, 3.05) is 0 Å². The minimum Gasteiger partial charge on any atom is -0.330 e. The lowest BCUT2D eigenvalue weighted by Gasteiger charge is -2.20. The van der Waals surface area contributed by atoms with Gasteiger partial charge in [-0.2, -0.15) is 13.2 Å². The molecule has 0 saturated heterocycles. The summed E-state index contributed by atoms with van der Waals surface area (Å²) < 4.78 is 38.9. The van der Waals surface area contributed by atoms with Gasteiger partial charge in [-0.05, 0) is 26.0 Å². The van der Waals surface area contributed by atoms with E-state index in [0.717, 1.165) is 16.9 Å². The third-order valence-corrected chi connectivity index (χ3v) is 3.28. The number of hydrogen-bond donors (Lipinski definition) is 1. The molecule has 2 unspecified atom stereocenters. The van der Waals surface area contributed by atoms with Gasteiger partial charge in [-0.3, -0.25) is 0 Å². The van der Waals surface area contributed by atoms with E-state index in [0.29, 0.717) is 0 Å². The number of benzene rings is 1. The summed E-state index contributed by atoms with van der Waals surface area (Å²) in [5.41, 5.74) is 1.82. The van der Waals surface area contributed by atoms with Crippen LogP contribution in [0.15, 0.2) is 24.3 Å². The monoisotopic (exact) mass is 285 g/mol. The molecule has 0 aliphatic heterocycles. The predicted octanol–water partition coefficient (Wildman–Crippen LogP) is 3.56. The molecule has 1 N–H and O–H groups in total. The first-order valence-electron chi connectivity index (χ1n) is 6.52. The van der Waals surface area contributed by atoms with Gasteiger partial charge in [-0.25, -0.2) is 4.98 Å². The van der Waals surface area contributed by atoms with Crippen LogP contribution < -0.4 is 5.32 Å². The first kappa shape index (κ1) is 14.8. The van der Waals surface area contributed by atoms with E-state index in [2.05, 4.69) is 10.3 Å². The van der Waals surface area contributed by atoms with Crippen LogP contribution in [0.25, 0.3) is 11.0 Å². The van der Waals surface area contributed by atoms with Gasteiger partial charge in [0, 0.05) is 13.1 Å². The Hall–Kier alpha value is -1.56. The van der Waals surface area contributed by atoms with E-state index in [9.17, 15) is 13.2 Å². The summed E-state index contributed by atoms with van der Waals surface area (Å²) in [4.78, 5) is 4.48. The van der Waals surface area contributed by atoms with Crippen LogP contribution in [0.1, 0.15) is 32.1 Å². The van der Waals surface area contributed by atoms with Gasteiger partial charge in [0.05, 0.1) is 23.5 Å². The van der Waals surface area contributed by atoms with Gasteiger partial charge in [0.25, 0.3) is 0 Å². The Kier molecular flexibility index (Phi) is 4.04. The third-order valence-electron chi connectivity index (χ3n) is 3.28. The van der Waals surface area contributed by atoms with Crippen LogP contribution in [0.4, 0.5) is 13.2 Å². The van der Waals surface area contributed by atoms with Crippen molar-refractivity contribution in [1.29, 1.82) is 0 Å². The maximum atomic E-state index is 12.3. The highest BCUT2D eigenvalue weighted by atomic mass is 19.4. The molecule has 0 spiro atoms. The Morgan fingerprint density at radius 1 is 1.25 bits per heavy atom. The number of imidazole rings is 1. The van der Waals surface area contributed by atoms with E-state index in [-0.39, 0.29) is 6.04 Å². The highest BCUT2D eigenvalue weighted by molar-refractivity contribution is 5.75. The lowest BCUT2D eigenvalue weighted by Crippen LogP contribution is -2.34. The topological polar surface area (TPSA) is 29.9 Å². The van der Waals surface area contributed by atoms with Gasteiger partial charge in [-0.1, -0.05) is 12.1 Å². The number of aromatic nitrogens is 2. The highest BCUT2D eigenvalue weighted by Gasteiger charge is 2.30. The largest absolute Gasteiger partial charge is 0.390 e. The van der Waals surface area contributed by atoms with Crippen LogP contribution in [0.3, 0.4) is 0 Å². The third kappa shape index (κ3) is 3.30. The fourth-order valence-corrected chi connectivity index (χ4v) is 2.46. The average molecular weight is 285 g/mol. The van der Waals surface area contributed by atoms with Crippen LogP contribution >= 0.6 is 0 Å². The molecule has 2 aromatic rings. The van der Waals surface area contributed by atoms with Crippen molar-refractivity contribution < 1.29 is 13.2 Å². The van der Waals surface area contributed by atoms with Crippen LogP contribution in [-0.4, -0.2) is 21.8 Å². The zero-order chi connectivity index (χ0) is 14.9. The second-order valence-corrected chi connectivity index (χ2v) is 5.13. The Labute approximate surface area is 115 Å². The molecule has 0 fully saturated rings. The summed E-state index contributed by atoms with van der Waals surface area (Å²) in [5, 5.41) is 2.95. The molecule has 1 heterocycles. The smallest absolute Gasteiger partial charge is 0.330 e. The van der Waals surface area contributed by atoms with E-state index >= 15 is 0 Å². The van der Waals surface area contributed by atoms with Crippen molar-refractivity contribution in [3.05, 3.63) is 30.1 Å². The van der Waals surface area contributed by atoms with Crippen molar-refractivity contribution in [3.63, 3.8) is 0 Å². The summed E-state index contributed by atoms with van der Waals surface area (Å²) in [6, 6.07) is 6.75. The molecule has 0 aliphatic rings. The predicted molar refractivity (Wildman–Crippen MR) is 72.4 cm³/mol. The molecule has 110 valence electrons. The van der Waals surface area contributed by atoms with Crippen LogP contribution in [0, 0.1) is 0 Å². The molecule has 0 amide bonds. The van der Waals surface area contributed by atoms with Crippen molar-refractivity contribution in [2.45, 2.75) is 38.5 Å². The number of aryl methyl sites for hydroxylation is 1. The van der Waals surface area contributed by atoms with Gasteiger partial charge in [0.15, 0.2) is 0 Å². The minimum atomic E-state index is -4.15. The SMILES string of the molecule is CC(CC(F)(F)F)NC(C)c1nc2ccccc2n1C. The Morgan fingerprint density at radius 3 is 2.50 bits per heavy atom. The number of nitrogens with one attached hydrogen (secondary N) is 1. The molecule has 0 aliphatic carbocycles. The van der Waals surface area contributed by atoms with E-state index < -0.39 is 18.6 Å². The molecule has 1 aromatic heterocycles. The molecular weight excluding hydrogens is 267 g/mol. The molecule has 0 radical (unpaired) electrons.